The number of anilines is 1. The maximum Gasteiger partial charge on any atom is 0.0417 e. The van der Waals surface area contributed by atoms with Crippen LogP contribution in [0.3, 0.4) is 0 Å². The van der Waals surface area contributed by atoms with Gasteiger partial charge in [-0.1, -0.05) is 25.0 Å². The van der Waals surface area contributed by atoms with Crippen molar-refractivity contribution in [3.63, 3.8) is 0 Å². The summed E-state index contributed by atoms with van der Waals surface area (Å²) in [5, 5.41) is 0. The zero-order valence-electron chi connectivity index (χ0n) is 12.1. The zero-order valence-corrected chi connectivity index (χ0v) is 12.1. The molecule has 1 saturated carbocycles. The first-order valence-electron chi connectivity index (χ1n) is 7.86. The van der Waals surface area contributed by atoms with Crippen LogP contribution in [0.25, 0.3) is 0 Å². The molecule has 104 valence electrons. The smallest absolute Gasteiger partial charge is 0.0417 e. The summed E-state index contributed by atoms with van der Waals surface area (Å²) in [5.41, 5.74) is 10.0. The van der Waals surface area contributed by atoms with Gasteiger partial charge in [0.1, 0.15) is 0 Å². The second-order valence-electron chi connectivity index (χ2n) is 6.28. The lowest BCUT2D eigenvalue weighted by Gasteiger charge is -2.46. The standard InChI is InChI=1S/C17H26N2/c1-13-8-9-15(12-18)17(11-13)19-10-4-6-14-5-2-3-7-16(14)19/h8-9,11,14,16H,2-7,10,12,18H2,1H3/t14-,16-/m1/s1. The van der Waals surface area contributed by atoms with E-state index in [1.165, 1.54) is 61.9 Å². The molecule has 0 bridgehead atoms. The molecule has 1 saturated heterocycles. The quantitative estimate of drug-likeness (QED) is 0.878. The van der Waals surface area contributed by atoms with Crippen LogP contribution >= 0.6 is 0 Å². The van der Waals surface area contributed by atoms with E-state index >= 15 is 0 Å². The summed E-state index contributed by atoms with van der Waals surface area (Å²) in [7, 11) is 0. The molecule has 2 aliphatic rings. The molecule has 3 rings (SSSR count). The second kappa shape index (κ2) is 5.54. The first-order valence-corrected chi connectivity index (χ1v) is 7.86. The van der Waals surface area contributed by atoms with Crippen molar-refractivity contribution in [3.8, 4) is 0 Å². The van der Waals surface area contributed by atoms with Gasteiger partial charge in [0.15, 0.2) is 0 Å². The maximum atomic E-state index is 5.95. The number of aryl methyl sites for hydroxylation is 1. The highest BCUT2D eigenvalue weighted by atomic mass is 15.2. The van der Waals surface area contributed by atoms with E-state index in [9.17, 15) is 0 Å². The Morgan fingerprint density at radius 1 is 1.16 bits per heavy atom. The van der Waals surface area contributed by atoms with Crippen LogP contribution in [0, 0.1) is 12.8 Å². The van der Waals surface area contributed by atoms with Gasteiger partial charge in [-0.15, -0.1) is 0 Å². The van der Waals surface area contributed by atoms with Gasteiger partial charge in [-0.25, -0.2) is 0 Å². The third-order valence-electron chi connectivity index (χ3n) is 5.01. The number of hydrogen-bond donors (Lipinski definition) is 1. The van der Waals surface area contributed by atoms with Crippen LogP contribution in [0.2, 0.25) is 0 Å². The summed E-state index contributed by atoms with van der Waals surface area (Å²) in [6, 6.07) is 7.53. The van der Waals surface area contributed by atoms with Gasteiger partial charge in [-0.3, -0.25) is 0 Å². The van der Waals surface area contributed by atoms with Gasteiger partial charge in [0, 0.05) is 24.8 Å². The molecule has 2 fully saturated rings. The topological polar surface area (TPSA) is 29.3 Å². The third-order valence-corrected chi connectivity index (χ3v) is 5.01. The Kier molecular flexibility index (Phi) is 3.79. The van der Waals surface area contributed by atoms with Crippen LogP contribution in [0.15, 0.2) is 18.2 Å². The highest BCUT2D eigenvalue weighted by molar-refractivity contribution is 5.56. The van der Waals surface area contributed by atoms with Crippen molar-refractivity contribution in [1.29, 1.82) is 0 Å². The van der Waals surface area contributed by atoms with Crippen LogP contribution < -0.4 is 10.6 Å². The lowest BCUT2D eigenvalue weighted by molar-refractivity contribution is 0.243. The first-order chi connectivity index (χ1) is 9.29. The normalized spacial score (nSPS) is 27.2. The Morgan fingerprint density at radius 2 is 1.95 bits per heavy atom. The molecular weight excluding hydrogens is 232 g/mol. The fourth-order valence-electron chi connectivity index (χ4n) is 4.04. The van der Waals surface area contributed by atoms with E-state index in [-0.39, 0.29) is 0 Å². The van der Waals surface area contributed by atoms with Gasteiger partial charge in [0.2, 0.25) is 0 Å². The summed E-state index contributed by atoms with van der Waals surface area (Å²) in [5.74, 6) is 0.925. The van der Waals surface area contributed by atoms with Gasteiger partial charge in [-0.2, -0.15) is 0 Å². The molecule has 1 aromatic rings. The van der Waals surface area contributed by atoms with E-state index in [0.717, 1.165) is 12.0 Å². The number of nitrogens with two attached hydrogens (primary N) is 1. The molecule has 2 N–H and O–H groups in total. The summed E-state index contributed by atoms with van der Waals surface area (Å²) in [6.45, 7) is 4.06. The van der Waals surface area contributed by atoms with Crippen LogP contribution in [0.1, 0.15) is 49.7 Å². The molecule has 0 unspecified atom stereocenters. The third kappa shape index (κ3) is 2.51. The Balaban J connectivity index is 1.93. The van der Waals surface area contributed by atoms with E-state index < -0.39 is 0 Å². The molecule has 0 amide bonds. The minimum absolute atomic E-state index is 0.656. The molecule has 2 heteroatoms. The summed E-state index contributed by atoms with van der Waals surface area (Å²) >= 11 is 0. The average Bonchev–Trinajstić information content (AvgIpc) is 2.46. The minimum atomic E-state index is 0.656. The van der Waals surface area contributed by atoms with Crippen molar-refractivity contribution in [3.05, 3.63) is 29.3 Å². The Hall–Kier alpha value is -1.02. The average molecular weight is 258 g/mol. The largest absolute Gasteiger partial charge is 0.368 e. The van der Waals surface area contributed by atoms with Crippen molar-refractivity contribution < 1.29 is 0 Å². The molecule has 1 heterocycles. The van der Waals surface area contributed by atoms with Crippen LogP contribution in [-0.2, 0) is 6.54 Å². The van der Waals surface area contributed by atoms with Gasteiger partial charge >= 0.3 is 0 Å². The Labute approximate surface area is 117 Å². The molecule has 2 nitrogen and oxygen atoms in total. The van der Waals surface area contributed by atoms with Crippen molar-refractivity contribution in [1.82, 2.24) is 0 Å². The molecule has 0 radical (unpaired) electrons. The van der Waals surface area contributed by atoms with Crippen molar-refractivity contribution in [2.45, 2.75) is 58.0 Å². The van der Waals surface area contributed by atoms with Crippen molar-refractivity contribution in [2.75, 3.05) is 11.4 Å². The maximum absolute atomic E-state index is 5.95. The molecule has 19 heavy (non-hydrogen) atoms. The first kappa shape index (κ1) is 13.0. The highest BCUT2D eigenvalue weighted by Crippen LogP contribution is 2.38. The fraction of sp³-hybridized carbons (Fsp3) is 0.647. The molecule has 1 aliphatic heterocycles. The predicted octanol–water partition coefficient (Wildman–Crippen LogP) is 3.61. The fourth-order valence-corrected chi connectivity index (χ4v) is 4.04. The van der Waals surface area contributed by atoms with Crippen molar-refractivity contribution in [2.24, 2.45) is 11.7 Å². The molecule has 2 atom stereocenters. The number of hydrogen-bond acceptors (Lipinski definition) is 2. The SMILES string of the molecule is Cc1ccc(CN)c(N2CCC[C@H]3CCCC[C@H]32)c1. The predicted molar refractivity (Wildman–Crippen MR) is 81.4 cm³/mol. The summed E-state index contributed by atoms with van der Waals surface area (Å²) < 4.78 is 0. The minimum Gasteiger partial charge on any atom is -0.368 e. The number of nitrogens with zero attached hydrogens (tertiary/aromatic N) is 1. The van der Waals surface area contributed by atoms with Gasteiger partial charge in [0.05, 0.1) is 0 Å². The summed E-state index contributed by atoms with van der Waals surface area (Å²) in [4.78, 5) is 2.68. The molecule has 0 spiro atoms. The number of benzene rings is 1. The lowest BCUT2D eigenvalue weighted by Crippen LogP contribution is -2.47. The Morgan fingerprint density at radius 3 is 2.79 bits per heavy atom. The van der Waals surface area contributed by atoms with Gasteiger partial charge < -0.3 is 10.6 Å². The Bertz CT molecular complexity index is 439. The number of rotatable bonds is 2. The zero-order chi connectivity index (χ0) is 13.2. The van der Waals surface area contributed by atoms with Crippen LogP contribution in [0.5, 0.6) is 0 Å². The van der Waals surface area contributed by atoms with E-state index in [1.54, 1.807) is 0 Å². The van der Waals surface area contributed by atoms with E-state index in [0.29, 0.717) is 6.54 Å². The van der Waals surface area contributed by atoms with Gasteiger partial charge in [-0.05, 0) is 55.7 Å². The highest BCUT2D eigenvalue weighted by Gasteiger charge is 2.33. The summed E-state index contributed by atoms with van der Waals surface area (Å²) in [6.07, 6.45) is 8.44. The lowest BCUT2D eigenvalue weighted by atomic mass is 9.78. The van der Waals surface area contributed by atoms with E-state index in [1.807, 2.05) is 0 Å². The van der Waals surface area contributed by atoms with E-state index in [4.69, 9.17) is 5.73 Å². The monoisotopic (exact) mass is 258 g/mol. The van der Waals surface area contributed by atoms with Crippen LogP contribution in [0.4, 0.5) is 5.69 Å². The molecule has 1 aromatic carbocycles. The molecule has 1 aliphatic carbocycles. The molecule has 0 aromatic heterocycles. The number of piperidine rings is 1. The van der Waals surface area contributed by atoms with Crippen LogP contribution in [-0.4, -0.2) is 12.6 Å². The number of fused-ring (bicyclic) bond motifs is 1. The van der Waals surface area contributed by atoms with Gasteiger partial charge in [0.25, 0.3) is 0 Å². The second-order valence-corrected chi connectivity index (χ2v) is 6.28. The van der Waals surface area contributed by atoms with Crippen molar-refractivity contribution >= 4 is 5.69 Å². The van der Waals surface area contributed by atoms with E-state index in [2.05, 4.69) is 30.0 Å². The molecular formula is C17H26N2.